The van der Waals surface area contributed by atoms with Gasteiger partial charge in [-0.3, -0.25) is 5.84 Å². The third-order valence-corrected chi connectivity index (χ3v) is 3.99. The van der Waals surface area contributed by atoms with Crippen molar-refractivity contribution in [3.05, 3.63) is 58.7 Å². The summed E-state index contributed by atoms with van der Waals surface area (Å²) in [5.74, 6) is 7.63. The van der Waals surface area contributed by atoms with Gasteiger partial charge in [-0.25, -0.2) is 5.43 Å². The van der Waals surface area contributed by atoms with E-state index in [9.17, 15) is 0 Å². The first kappa shape index (κ1) is 13.9. The number of nitrogens with two attached hydrogens (primary N) is 1. The zero-order valence-corrected chi connectivity index (χ0v) is 12.3. The molecule has 3 rings (SSSR count). The molecule has 110 valence electrons. The molecule has 4 heteroatoms. The average Bonchev–Trinajstić information content (AvgIpc) is 2.99. The van der Waals surface area contributed by atoms with Gasteiger partial charge in [-0.1, -0.05) is 30.3 Å². The first-order valence-electron chi connectivity index (χ1n) is 7.10. The summed E-state index contributed by atoms with van der Waals surface area (Å²) in [5, 5.41) is 0. The Balaban J connectivity index is 2.05. The van der Waals surface area contributed by atoms with Crippen molar-refractivity contribution in [2.75, 3.05) is 13.7 Å². The van der Waals surface area contributed by atoms with Crippen LogP contribution in [0.2, 0.25) is 0 Å². The molecule has 21 heavy (non-hydrogen) atoms. The number of methoxy groups -OCH3 is 1. The first-order valence-corrected chi connectivity index (χ1v) is 7.10. The fourth-order valence-corrected chi connectivity index (χ4v) is 2.85. The number of benzene rings is 2. The van der Waals surface area contributed by atoms with Gasteiger partial charge in [0.15, 0.2) is 0 Å². The van der Waals surface area contributed by atoms with Gasteiger partial charge in [0.1, 0.15) is 11.5 Å². The molecule has 0 amide bonds. The van der Waals surface area contributed by atoms with Crippen LogP contribution in [0.25, 0.3) is 0 Å². The van der Waals surface area contributed by atoms with Crippen molar-refractivity contribution >= 4 is 0 Å². The highest BCUT2D eigenvalue weighted by molar-refractivity contribution is 5.50. The summed E-state index contributed by atoms with van der Waals surface area (Å²) in [4.78, 5) is 0. The van der Waals surface area contributed by atoms with E-state index in [0.717, 1.165) is 41.2 Å². The zero-order valence-electron chi connectivity index (χ0n) is 12.3. The summed E-state index contributed by atoms with van der Waals surface area (Å²) in [7, 11) is 1.68. The Kier molecular flexibility index (Phi) is 3.82. The van der Waals surface area contributed by atoms with Crippen LogP contribution in [0.15, 0.2) is 36.4 Å². The van der Waals surface area contributed by atoms with Crippen LogP contribution in [0.1, 0.15) is 28.3 Å². The van der Waals surface area contributed by atoms with E-state index in [1.807, 2.05) is 19.1 Å². The van der Waals surface area contributed by atoms with Crippen molar-refractivity contribution in [2.24, 2.45) is 5.84 Å². The molecule has 2 aromatic carbocycles. The van der Waals surface area contributed by atoms with Crippen LogP contribution >= 0.6 is 0 Å². The summed E-state index contributed by atoms with van der Waals surface area (Å²) >= 11 is 0. The molecule has 0 aliphatic carbocycles. The second-order valence-electron chi connectivity index (χ2n) is 5.26. The van der Waals surface area contributed by atoms with E-state index < -0.39 is 0 Å². The largest absolute Gasteiger partial charge is 0.496 e. The average molecular weight is 284 g/mol. The molecule has 0 fully saturated rings. The molecule has 0 aromatic heterocycles. The van der Waals surface area contributed by atoms with Gasteiger partial charge in [-0.15, -0.1) is 0 Å². The predicted molar refractivity (Wildman–Crippen MR) is 82.5 cm³/mol. The highest BCUT2D eigenvalue weighted by Crippen LogP contribution is 2.36. The third kappa shape index (κ3) is 2.48. The fraction of sp³-hybridized carbons (Fsp3) is 0.294. The van der Waals surface area contributed by atoms with E-state index in [0.29, 0.717) is 0 Å². The SMILES string of the molecule is COc1cc(C(NN)c2cccc3c2OCC3)ccc1C. The van der Waals surface area contributed by atoms with E-state index in [-0.39, 0.29) is 6.04 Å². The van der Waals surface area contributed by atoms with Gasteiger partial charge in [-0.05, 0) is 29.7 Å². The van der Waals surface area contributed by atoms with Gasteiger partial charge in [0.2, 0.25) is 0 Å². The fourth-order valence-electron chi connectivity index (χ4n) is 2.85. The highest BCUT2D eigenvalue weighted by Gasteiger charge is 2.23. The van der Waals surface area contributed by atoms with Gasteiger partial charge < -0.3 is 9.47 Å². The van der Waals surface area contributed by atoms with Crippen LogP contribution in [-0.2, 0) is 6.42 Å². The quantitative estimate of drug-likeness (QED) is 0.669. The van der Waals surface area contributed by atoms with E-state index >= 15 is 0 Å². The molecule has 1 aliphatic heterocycles. The zero-order chi connectivity index (χ0) is 14.8. The van der Waals surface area contributed by atoms with E-state index in [1.165, 1.54) is 5.56 Å². The number of fused-ring (bicyclic) bond motifs is 1. The summed E-state index contributed by atoms with van der Waals surface area (Å²) in [6, 6.07) is 12.2. The van der Waals surface area contributed by atoms with Crippen molar-refractivity contribution in [2.45, 2.75) is 19.4 Å². The molecule has 0 saturated carbocycles. The van der Waals surface area contributed by atoms with E-state index in [2.05, 4.69) is 29.7 Å². The molecule has 1 atom stereocenters. The Bertz CT molecular complexity index is 655. The maximum Gasteiger partial charge on any atom is 0.127 e. The molecule has 1 unspecified atom stereocenters. The third-order valence-electron chi connectivity index (χ3n) is 3.99. The lowest BCUT2D eigenvalue weighted by Crippen LogP contribution is -2.29. The summed E-state index contributed by atoms with van der Waals surface area (Å²) in [6.07, 6.45) is 0.956. The van der Waals surface area contributed by atoms with Gasteiger partial charge in [0, 0.05) is 12.0 Å². The van der Waals surface area contributed by atoms with Crippen molar-refractivity contribution in [1.82, 2.24) is 5.43 Å². The van der Waals surface area contributed by atoms with Crippen LogP contribution < -0.4 is 20.7 Å². The molecule has 3 N–H and O–H groups in total. The number of nitrogens with one attached hydrogen (secondary N) is 1. The Morgan fingerprint density at radius 2 is 2.14 bits per heavy atom. The topological polar surface area (TPSA) is 56.5 Å². The molecule has 0 bridgehead atoms. The molecule has 0 radical (unpaired) electrons. The Hall–Kier alpha value is -2.04. The number of hydrazine groups is 1. The van der Waals surface area contributed by atoms with Crippen LogP contribution in [0.3, 0.4) is 0 Å². The van der Waals surface area contributed by atoms with Crippen LogP contribution in [0, 0.1) is 6.92 Å². The summed E-state index contributed by atoms with van der Waals surface area (Å²) in [6.45, 7) is 2.76. The molecule has 2 aromatic rings. The minimum atomic E-state index is -0.118. The lowest BCUT2D eigenvalue weighted by molar-refractivity contribution is 0.350. The van der Waals surface area contributed by atoms with Gasteiger partial charge in [0.05, 0.1) is 19.8 Å². The maximum absolute atomic E-state index is 5.81. The standard InChI is InChI=1S/C17H20N2O2/c1-11-6-7-13(10-15(11)20-2)16(19-18)14-5-3-4-12-8-9-21-17(12)14/h3-7,10,16,19H,8-9,18H2,1-2H3. The number of ether oxygens (including phenoxy) is 2. The predicted octanol–water partition coefficient (Wildman–Crippen LogP) is 2.49. The van der Waals surface area contributed by atoms with Crippen molar-refractivity contribution in [3.63, 3.8) is 0 Å². The minimum absolute atomic E-state index is 0.118. The molecular weight excluding hydrogens is 264 g/mol. The first-order chi connectivity index (χ1) is 10.2. The second-order valence-corrected chi connectivity index (χ2v) is 5.26. The summed E-state index contributed by atoms with van der Waals surface area (Å²) in [5.41, 5.74) is 7.37. The lowest BCUT2D eigenvalue weighted by Gasteiger charge is -2.20. The molecule has 1 heterocycles. The second kappa shape index (κ2) is 5.76. The number of hydrogen-bond acceptors (Lipinski definition) is 4. The maximum atomic E-state index is 5.81. The summed E-state index contributed by atoms with van der Waals surface area (Å²) < 4.78 is 11.2. The number of rotatable bonds is 4. The Morgan fingerprint density at radius 3 is 2.90 bits per heavy atom. The Morgan fingerprint density at radius 1 is 1.29 bits per heavy atom. The van der Waals surface area contributed by atoms with Gasteiger partial charge in [0.25, 0.3) is 0 Å². The molecule has 4 nitrogen and oxygen atoms in total. The van der Waals surface area contributed by atoms with Gasteiger partial charge >= 0.3 is 0 Å². The Labute approximate surface area is 124 Å². The number of hydrogen-bond donors (Lipinski definition) is 2. The molecule has 0 saturated heterocycles. The van der Waals surface area contributed by atoms with Crippen LogP contribution in [0.4, 0.5) is 0 Å². The number of para-hydroxylation sites is 1. The highest BCUT2D eigenvalue weighted by atomic mass is 16.5. The van der Waals surface area contributed by atoms with E-state index in [4.69, 9.17) is 15.3 Å². The van der Waals surface area contributed by atoms with Crippen molar-refractivity contribution in [1.29, 1.82) is 0 Å². The molecular formula is C17H20N2O2. The van der Waals surface area contributed by atoms with Crippen LogP contribution in [-0.4, -0.2) is 13.7 Å². The lowest BCUT2D eigenvalue weighted by atomic mass is 9.95. The molecule has 1 aliphatic rings. The van der Waals surface area contributed by atoms with Crippen molar-refractivity contribution < 1.29 is 9.47 Å². The van der Waals surface area contributed by atoms with E-state index in [1.54, 1.807) is 7.11 Å². The smallest absolute Gasteiger partial charge is 0.127 e. The normalized spacial score (nSPS) is 14.4. The van der Waals surface area contributed by atoms with Crippen LogP contribution in [0.5, 0.6) is 11.5 Å². The number of aryl methyl sites for hydroxylation is 1. The molecule has 0 spiro atoms. The van der Waals surface area contributed by atoms with Gasteiger partial charge in [-0.2, -0.15) is 0 Å². The van der Waals surface area contributed by atoms with Crippen molar-refractivity contribution in [3.8, 4) is 11.5 Å². The monoisotopic (exact) mass is 284 g/mol. The minimum Gasteiger partial charge on any atom is -0.496 e.